The predicted molar refractivity (Wildman–Crippen MR) is 91.2 cm³/mol. The second-order valence-corrected chi connectivity index (χ2v) is 6.86. The topological polar surface area (TPSA) is 68.5 Å². The number of aryl methyl sites for hydroxylation is 1. The number of pyridine rings is 1. The Bertz CT molecular complexity index is 888. The summed E-state index contributed by atoms with van der Waals surface area (Å²) < 4.78 is 10.9. The number of hydrogen-bond acceptors (Lipinski definition) is 6. The van der Waals surface area contributed by atoms with Crippen LogP contribution in [0.5, 0.6) is 0 Å². The summed E-state index contributed by atoms with van der Waals surface area (Å²) in [4.78, 5) is 20.5. The fourth-order valence-electron chi connectivity index (χ4n) is 2.99. The van der Waals surface area contributed by atoms with Crippen LogP contribution in [0.2, 0.25) is 0 Å². The fourth-order valence-corrected chi connectivity index (χ4v) is 3.67. The molecule has 3 aromatic heterocycles. The van der Waals surface area contributed by atoms with E-state index in [1.165, 1.54) is 0 Å². The lowest BCUT2D eigenvalue weighted by molar-refractivity contribution is -0.0123. The van der Waals surface area contributed by atoms with Crippen LogP contribution in [0.3, 0.4) is 0 Å². The molecule has 0 N–H and O–H groups in total. The second-order valence-electron chi connectivity index (χ2n) is 5.91. The lowest BCUT2D eigenvalue weighted by Gasteiger charge is -2.31. The highest BCUT2D eigenvalue weighted by Gasteiger charge is 2.26. The van der Waals surface area contributed by atoms with Crippen LogP contribution in [-0.2, 0) is 4.74 Å². The van der Waals surface area contributed by atoms with E-state index in [4.69, 9.17) is 9.26 Å². The SMILES string of the molecule is Cc1noc2nc(-c3cccs3)cc(C(=O)N3CCO[C@H](C)C3)c12. The van der Waals surface area contributed by atoms with Gasteiger partial charge in [-0.15, -0.1) is 11.3 Å². The Labute approximate surface area is 143 Å². The number of rotatable bonds is 2. The van der Waals surface area contributed by atoms with E-state index in [9.17, 15) is 4.79 Å². The molecule has 0 spiro atoms. The van der Waals surface area contributed by atoms with Crippen LogP contribution in [0, 0.1) is 6.92 Å². The zero-order chi connectivity index (χ0) is 16.7. The maximum Gasteiger partial charge on any atom is 0.259 e. The maximum atomic E-state index is 13.1. The molecule has 1 amide bonds. The van der Waals surface area contributed by atoms with Gasteiger partial charge in [0.05, 0.1) is 39.9 Å². The molecule has 24 heavy (non-hydrogen) atoms. The number of carbonyl (C=O) groups excluding carboxylic acids is 1. The van der Waals surface area contributed by atoms with Crippen molar-refractivity contribution in [1.29, 1.82) is 0 Å². The van der Waals surface area contributed by atoms with Gasteiger partial charge in [0.15, 0.2) is 0 Å². The molecule has 1 fully saturated rings. The Morgan fingerprint density at radius 2 is 2.33 bits per heavy atom. The molecule has 0 bridgehead atoms. The number of hydrogen-bond donors (Lipinski definition) is 0. The molecular formula is C17H17N3O3S. The highest BCUT2D eigenvalue weighted by Crippen LogP contribution is 2.30. The van der Waals surface area contributed by atoms with E-state index >= 15 is 0 Å². The molecular weight excluding hydrogens is 326 g/mol. The van der Waals surface area contributed by atoms with Crippen molar-refractivity contribution in [2.45, 2.75) is 20.0 Å². The molecule has 0 saturated carbocycles. The van der Waals surface area contributed by atoms with Crippen LogP contribution in [0.15, 0.2) is 28.1 Å². The van der Waals surface area contributed by atoms with Crippen molar-refractivity contribution < 1.29 is 14.1 Å². The quantitative estimate of drug-likeness (QED) is 0.715. The molecule has 0 aromatic carbocycles. The molecule has 1 aliphatic rings. The third-order valence-electron chi connectivity index (χ3n) is 4.15. The van der Waals surface area contributed by atoms with Crippen LogP contribution >= 0.6 is 11.3 Å². The summed E-state index contributed by atoms with van der Waals surface area (Å²) >= 11 is 1.58. The summed E-state index contributed by atoms with van der Waals surface area (Å²) in [5, 5.41) is 6.67. The molecule has 0 radical (unpaired) electrons. The molecule has 0 unspecified atom stereocenters. The van der Waals surface area contributed by atoms with Crippen molar-refractivity contribution in [2.24, 2.45) is 0 Å². The molecule has 0 aliphatic carbocycles. The first-order valence-electron chi connectivity index (χ1n) is 7.85. The lowest BCUT2D eigenvalue weighted by atomic mass is 10.1. The van der Waals surface area contributed by atoms with Crippen molar-refractivity contribution in [2.75, 3.05) is 19.7 Å². The molecule has 4 heterocycles. The van der Waals surface area contributed by atoms with Crippen LogP contribution < -0.4 is 0 Å². The van der Waals surface area contributed by atoms with Crippen molar-refractivity contribution in [3.05, 3.63) is 34.8 Å². The normalized spacial score (nSPS) is 18.2. The van der Waals surface area contributed by atoms with Gasteiger partial charge in [0.25, 0.3) is 11.6 Å². The minimum atomic E-state index is -0.0262. The first kappa shape index (κ1) is 15.3. The Morgan fingerprint density at radius 3 is 3.08 bits per heavy atom. The monoisotopic (exact) mass is 343 g/mol. The van der Waals surface area contributed by atoms with E-state index in [-0.39, 0.29) is 12.0 Å². The number of ether oxygens (including phenoxy) is 1. The summed E-state index contributed by atoms with van der Waals surface area (Å²) in [6.07, 6.45) is 0.0420. The summed E-state index contributed by atoms with van der Waals surface area (Å²) in [5.74, 6) is -0.0262. The van der Waals surface area contributed by atoms with Crippen molar-refractivity contribution in [3.63, 3.8) is 0 Å². The van der Waals surface area contributed by atoms with Crippen molar-refractivity contribution >= 4 is 28.3 Å². The molecule has 124 valence electrons. The average Bonchev–Trinajstić information content (AvgIpc) is 3.24. The first-order valence-corrected chi connectivity index (χ1v) is 8.73. The summed E-state index contributed by atoms with van der Waals surface area (Å²) in [5.41, 5.74) is 2.41. The average molecular weight is 343 g/mol. The fraction of sp³-hybridized carbons (Fsp3) is 0.353. The number of fused-ring (bicyclic) bond motifs is 1. The third kappa shape index (κ3) is 2.59. The van der Waals surface area contributed by atoms with Crippen LogP contribution in [0.1, 0.15) is 23.0 Å². The van der Waals surface area contributed by atoms with Crippen molar-refractivity contribution in [1.82, 2.24) is 15.0 Å². The molecule has 6 nitrogen and oxygen atoms in total. The summed E-state index contributed by atoms with van der Waals surface area (Å²) in [6.45, 7) is 5.54. The molecule has 1 atom stereocenters. The van der Waals surface area contributed by atoms with Crippen LogP contribution in [0.25, 0.3) is 21.7 Å². The highest BCUT2D eigenvalue weighted by atomic mass is 32.1. The molecule has 1 aliphatic heterocycles. The number of carbonyl (C=O) groups is 1. The maximum absolute atomic E-state index is 13.1. The molecule has 4 rings (SSSR count). The zero-order valence-electron chi connectivity index (χ0n) is 13.5. The van der Waals surface area contributed by atoms with Gasteiger partial charge in [0.1, 0.15) is 0 Å². The third-order valence-corrected chi connectivity index (χ3v) is 5.04. The number of thiophene rings is 1. The van der Waals surface area contributed by atoms with Gasteiger partial charge in [-0.1, -0.05) is 11.2 Å². The number of nitrogens with zero attached hydrogens (tertiary/aromatic N) is 3. The smallest absolute Gasteiger partial charge is 0.259 e. The Balaban J connectivity index is 1.83. The Hall–Kier alpha value is -2.25. The summed E-state index contributed by atoms with van der Waals surface area (Å²) in [7, 11) is 0. The van der Waals surface area contributed by atoms with Crippen LogP contribution in [0.4, 0.5) is 0 Å². The first-order chi connectivity index (χ1) is 11.6. The minimum absolute atomic E-state index is 0.0262. The molecule has 1 saturated heterocycles. The Morgan fingerprint density at radius 1 is 1.46 bits per heavy atom. The zero-order valence-corrected chi connectivity index (χ0v) is 14.3. The van der Waals surface area contributed by atoms with Gasteiger partial charge in [-0.25, -0.2) is 4.98 Å². The van der Waals surface area contributed by atoms with E-state index in [0.717, 1.165) is 10.6 Å². The van der Waals surface area contributed by atoms with Gasteiger partial charge in [0.2, 0.25) is 0 Å². The highest BCUT2D eigenvalue weighted by molar-refractivity contribution is 7.13. The van der Waals surface area contributed by atoms with Crippen LogP contribution in [-0.4, -0.2) is 46.7 Å². The van der Waals surface area contributed by atoms with Crippen molar-refractivity contribution in [3.8, 4) is 10.6 Å². The largest absolute Gasteiger partial charge is 0.375 e. The van der Waals surface area contributed by atoms with Gasteiger partial charge < -0.3 is 14.2 Å². The van der Waals surface area contributed by atoms with Gasteiger partial charge in [0, 0.05) is 13.1 Å². The van der Waals surface area contributed by atoms with E-state index in [2.05, 4.69) is 10.1 Å². The Kier molecular flexibility index (Phi) is 3.82. The van der Waals surface area contributed by atoms with Gasteiger partial charge in [-0.2, -0.15) is 0 Å². The van der Waals surface area contributed by atoms with Gasteiger partial charge in [-0.05, 0) is 31.4 Å². The van der Waals surface area contributed by atoms with Gasteiger partial charge in [-0.3, -0.25) is 4.79 Å². The second kappa shape index (κ2) is 5.99. The van der Waals surface area contributed by atoms with E-state index in [0.29, 0.717) is 42.1 Å². The summed E-state index contributed by atoms with van der Waals surface area (Å²) in [6, 6.07) is 5.79. The number of aromatic nitrogens is 2. The predicted octanol–water partition coefficient (Wildman–Crippen LogP) is 3.12. The van der Waals surface area contributed by atoms with Gasteiger partial charge >= 0.3 is 0 Å². The number of amides is 1. The molecule has 7 heteroatoms. The minimum Gasteiger partial charge on any atom is -0.375 e. The van der Waals surface area contributed by atoms with E-state index < -0.39 is 0 Å². The van der Waals surface area contributed by atoms with E-state index in [1.807, 2.05) is 42.3 Å². The standard InChI is InChI=1S/C17H17N3O3S/c1-10-9-20(5-6-22-10)17(21)12-8-13(14-4-3-7-24-14)18-16-15(12)11(2)19-23-16/h3-4,7-8,10H,5-6,9H2,1-2H3/t10-/m1/s1. The number of morpholine rings is 1. The lowest BCUT2D eigenvalue weighted by Crippen LogP contribution is -2.44. The van der Waals surface area contributed by atoms with E-state index in [1.54, 1.807) is 11.3 Å². The molecule has 3 aromatic rings.